The van der Waals surface area contributed by atoms with Gasteiger partial charge in [-0.1, -0.05) is 19.1 Å². The van der Waals surface area contributed by atoms with E-state index in [9.17, 15) is 9.18 Å². The van der Waals surface area contributed by atoms with Crippen LogP contribution < -0.4 is 0 Å². The molecule has 16 heavy (non-hydrogen) atoms. The highest BCUT2D eigenvalue weighted by Crippen LogP contribution is 2.11. The number of benzene rings is 1. The van der Waals surface area contributed by atoms with Crippen molar-refractivity contribution >= 4 is 5.91 Å². The van der Waals surface area contributed by atoms with Gasteiger partial charge < -0.3 is 4.90 Å². The Bertz CT molecular complexity index is 376. The Kier molecular flexibility index (Phi) is 4.47. The molecule has 0 spiro atoms. The van der Waals surface area contributed by atoms with Gasteiger partial charge in [0.25, 0.3) is 0 Å². The van der Waals surface area contributed by atoms with E-state index < -0.39 is 0 Å². The Morgan fingerprint density at radius 2 is 2.12 bits per heavy atom. The van der Waals surface area contributed by atoms with Gasteiger partial charge in [-0.2, -0.15) is 0 Å². The van der Waals surface area contributed by atoms with Crippen LogP contribution in [0.25, 0.3) is 0 Å². The predicted octanol–water partition coefficient (Wildman–Crippen LogP) is 2.89. The number of hydrogen-bond donors (Lipinski definition) is 0. The lowest BCUT2D eigenvalue weighted by Crippen LogP contribution is -2.28. The fourth-order valence-electron chi connectivity index (χ4n) is 1.57. The molecule has 0 radical (unpaired) electrons. The molecule has 0 saturated carbocycles. The summed E-state index contributed by atoms with van der Waals surface area (Å²) >= 11 is 0. The van der Waals surface area contributed by atoms with E-state index in [2.05, 4.69) is 0 Å². The number of amides is 1. The van der Waals surface area contributed by atoms with E-state index in [4.69, 9.17) is 0 Å². The lowest BCUT2D eigenvalue weighted by Gasteiger charge is -2.20. The van der Waals surface area contributed by atoms with Crippen LogP contribution in [-0.4, -0.2) is 17.4 Å². The summed E-state index contributed by atoms with van der Waals surface area (Å²) in [5.41, 5.74) is 1.47. The third-order valence-corrected chi connectivity index (χ3v) is 2.55. The molecule has 0 heterocycles. The first-order valence-corrected chi connectivity index (χ1v) is 5.55. The molecule has 0 aliphatic carbocycles. The van der Waals surface area contributed by atoms with Crippen molar-refractivity contribution in [1.82, 2.24) is 4.90 Å². The van der Waals surface area contributed by atoms with Gasteiger partial charge >= 0.3 is 0 Å². The number of hydrogen-bond acceptors (Lipinski definition) is 1. The van der Waals surface area contributed by atoms with Gasteiger partial charge in [0, 0.05) is 20.0 Å². The second-order valence-electron chi connectivity index (χ2n) is 4.02. The summed E-state index contributed by atoms with van der Waals surface area (Å²) in [5.74, 6) is -0.180. The van der Waals surface area contributed by atoms with Gasteiger partial charge in [0.1, 0.15) is 5.82 Å². The smallest absolute Gasteiger partial charge is 0.219 e. The zero-order valence-corrected chi connectivity index (χ0v) is 10.1. The summed E-state index contributed by atoms with van der Waals surface area (Å²) in [6, 6.07) is 5.11. The monoisotopic (exact) mass is 223 g/mol. The first-order chi connectivity index (χ1) is 7.54. The molecule has 0 atom stereocenters. The van der Waals surface area contributed by atoms with Crippen LogP contribution in [0.5, 0.6) is 0 Å². The van der Waals surface area contributed by atoms with Gasteiger partial charge in [0.05, 0.1) is 0 Å². The molecular formula is C13H18FNO. The Labute approximate surface area is 96.1 Å². The molecule has 1 aromatic rings. The van der Waals surface area contributed by atoms with Crippen molar-refractivity contribution in [3.05, 3.63) is 35.1 Å². The third-order valence-electron chi connectivity index (χ3n) is 2.55. The summed E-state index contributed by atoms with van der Waals surface area (Å²) in [4.78, 5) is 13.0. The maximum absolute atomic E-state index is 13.3. The molecule has 0 aliphatic heterocycles. The van der Waals surface area contributed by atoms with Crippen LogP contribution in [0.1, 0.15) is 31.4 Å². The number of aryl methyl sites for hydroxylation is 1. The average Bonchev–Trinajstić information content (AvgIpc) is 2.22. The molecule has 0 bridgehead atoms. The molecular weight excluding hydrogens is 205 g/mol. The molecule has 1 amide bonds. The summed E-state index contributed by atoms with van der Waals surface area (Å²) in [6.45, 7) is 6.49. The highest BCUT2D eigenvalue weighted by atomic mass is 19.1. The maximum Gasteiger partial charge on any atom is 0.219 e. The summed E-state index contributed by atoms with van der Waals surface area (Å²) < 4.78 is 13.3. The zero-order chi connectivity index (χ0) is 12.1. The van der Waals surface area contributed by atoms with E-state index in [1.54, 1.807) is 24.8 Å². The molecule has 0 aromatic heterocycles. The largest absolute Gasteiger partial charge is 0.339 e. The summed E-state index contributed by atoms with van der Waals surface area (Å²) in [6.07, 6.45) is 0.911. The quantitative estimate of drug-likeness (QED) is 0.768. The van der Waals surface area contributed by atoms with Gasteiger partial charge in [-0.3, -0.25) is 4.79 Å². The van der Waals surface area contributed by atoms with Crippen molar-refractivity contribution in [2.75, 3.05) is 6.54 Å². The molecule has 1 rings (SSSR count). The van der Waals surface area contributed by atoms with E-state index in [1.165, 1.54) is 6.07 Å². The van der Waals surface area contributed by atoms with Crippen LogP contribution in [0.3, 0.4) is 0 Å². The molecule has 0 aliphatic rings. The van der Waals surface area contributed by atoms with Crippen molar-refractivity contribution in [1.29, 1.82) is 0 Å². The maximum atomic E-state index is 13.3. The zero-order valence-electron chi connectivity index (χ0n) is 10.1. The number of carbonyl (C=O) groups excluding carboxylic acids is 1. The average molecular weight is 223 g/mol. The fraction of sp³-hybridized carbons (Fsp3) is 0.462. The molecule has 2 nitrogen and oxygen atoms in total. The van der Waals surface area contributed by atoms with Crippen LogP contribution in [-0.2, 0) is 11.3 Å². The molecule has 0 unspecified atom stereocenters. The Morgan fingerprint density at radius 3 is 2.62 bits per heavy atom. The van der Waals surface area contributed by atoms with E-state index in [-0.39, 0.29) is 11.7 Å². The van der Waals surface area contributed by atoms with Gasteiger partial charge in [-0.25, -0.2) is 4.39 Å². The van der Waals surface area contributed by atoms with E-state index in [1.807, 2.05) is 13.0 Å². The second kappa shape index (κ2) is 5.64. The standard InChI is InChI=1S/C13H18FNO/c1-4-7-15(11(3)16)9-12-6-5-10(2)13(14)8-12/h5-6,8H,4,7,9H2,1-3H3. The molecule has 1 aromatic carbocycles. The Morgan fingerprint density at radius 1 is 1.44 bits per heavy atom. The number of rotatable bonds is 4. The lowest BCUT2D eigenvalue weighted by atomic mass is 10.1. The van der Waals surface area contributed by atoms with Gasteiger partial charge in [-0.05, 0) is 30.5 Å². The Balaban J connectivity index is 2.77. The molecule has 0 fully saturated rings. The highest BCUT2D eigenvalue weighted by Gasteiger charge is 2.09. The van der Waals surface area contributed by atoms with Crippen LogP contribution >= 0.6 is 0 Å². The highest BCUT2D eigenvalue weighted by molar-refractivity contribution is 5.73. The van der Waals surface area contributed by atoms with Crippen molar-refractivity contribution < 1.29 is 9.18 Å². The summed E-state index contributed by atoms with van der Waals surface area (Å²) in [7, 11) is 0. The topological polar surface area (TPSA) is 20.3 Å². The number of nitrogens with zero attached hydrogens (tertiary/aromatic N) is 1. The summed E-state index contributed by atoms with van der Waals surface area (Å²) in [5, 5.41) is 0. The van der Waals surface area contributed by atoms with Crippen molar-refractivity contribution in [3.63, 3.8) is 0 Å². The van der Waals surface area contributed by atoms with E-state index in [0.717, 1.165) is 12.0 Å². The number of carbonyl (C=O) groups is 1. The van der Waals surface area contributed by atoms with Crippen molar-refractivity contribution in [3.8, 4) is 0 Å². The second-order valence-corrected chi connectivity index (χ2v) is 4.02. The van der Waals surface area contributed by atoms with Gasteiger partial charge in [-0.15, -0.1) is 0 Å². The van der Waals surface area contributed by atoms with Crippen molar-refractivity contribution in [2.45, 2.75) is 33.7 Å². The van der Waals surface area contributed by atoms with Crippen molar-refractivity contribution in [2.24, 2.45) is 0 Å². The minimum absolute atomic E-state index is 0.0304. The van der Waals surface area contributed by atoms with Crippen LogP contribution in [0.15, 0.2) is 18.2 Å². The first kappa shape index (κ1) is 12.7. The van der Waals surface area contributed by atoms with Gasteiger partial charge in [0.15, 0.2) is 0 Å². The third kappa shape index (κ3) is 3.33. The Hall–Kier alpha value is -1.38. The van der Waals surface area contributed by atoms with Gasteiger partial charge in [0.2, 0.25) is 5.91 Å². The lowest BCUT2D eigenvalue weighted by molar-refractivity contribution is -0.129. The molecule has 0 N–H and O–H groups in total. The fourth-order valence-corrected chi connectivity index (χ4v) is 1.57. The predicted molar refractivity (Wildman–Crippen MR) is 62.5 cm³/mol. The molecule has 0 saturated heterocycles. The molecule has 88 valence electrons. The minimum Gasteiger partial charge on any atom is -0.339 e. The minimum atomic E-state index is -0.211. The van der Waals surface area contributed by atoms with E-state index in [0.29, 0.717) is 18.7 Å². The van der Waals surface area contributed by atoms with E-state index >= 15 is 0 Å². The van der Waals surface area contributed by atoms with Crippen LogP contribution in [0.2, 0.25) is 0 Å². The normalized spacial score (nSPS) is 10.2. The van der Waals surface area contributed by atoms with Crippen LogP contribution in [0.4, 0.5) is 4.39 Å². The van der Waals surface area contributed by atoms with Crippen LogP contribution in [0, 0.1) is 12.7 Å². The SMILES string of the molecule is CCCN(Cc1ccc(C)c(F)c1)C(C)=O. The number of halogens is 1. The first-order valence-electron chi connectivity index (χ1n) is 5.55. The molecule has 3 heteroatoms.